The van der Waals surface area contributed by atoms with Gasteiger partial charge in [0.1, 0.15) is 0 Å². The first-order valence-electron chi connectivity index (χ1n) is 6.55. The second-order valence-electron chi connectivity index (χ2n) is 4.28. The molecule has 0 saturated heterocycles. The highest BCUT2D eigenvalue weighted by Crippen LogP contribution is 1.97. The molecule has 0 bridgehead atoms. The standard InChI is InChI=1S/C13H21BN2O3/c1-3-16(4-2)9-8-15-13(17)11-6-5-7-12(10-11)14(18)19/h5-7,10,18-19H,3-4,8-9H2,1-2H3,(H,15,17). The maximum absolute atomic E-state index is 11.9. The molecule has 0 fully saturated rings. The van der Waals surface area contributed by atoms with Crippen molar-refractivity contribution >= 4 is 18.5 Å². The average Bonchev–Trinajstić information content (AvgIpc) is 2.43. The lowest BCUT2D eigenvalue weighted by molar-refractivity contribution is 0.0949. The Bertz CT molecular complexity index is 409. The molecule has 0 heterocycles. The van der Waals surface area contributed by atoms with Crippen molar-refractivity contribution in [1.82, 2.24) is 10.2 Å². The molecule has 3 N–H and O–H groups in total. The quantitative estimate of drug-likeness (QED) is 0.577. The number of benzene rings is 1. The monoisotopic (exact) mass is 264 g/mol. The Labute approximate surface area is 114 Å². The maximum atomic E-state index is 11.9. The molecule has 0 aromatic heterocycles. The third kappa shape index (κ3) is 5.02. The van der Waals surface area contributed by atoms with E-state index in [1.165, 1.54) is 6.07 Å². The van der Waals surface area contributed by atoms with E-state index < -0.39 is 7.12 Å². The number of carbonyl (C=O) groups is 1. The van der Waals surface area contributed by atoms with Crippen molar-refractivity contribution in [2.75, 3.05) is 26.2 Å². The van der Waals surface area contributed by atoms with E-state index in [9.17, 15) is 4.79 Å². The van der Waals surface area contributed by atoms with Crippen LogP contribution in [0, 0.1) is 0 Å². The van der Waals surface area contributed by atoms with Crippen molar-refractivity contribution in [3.8, 4) is 0 Å². The molecular weight excluding hydrogens is 243 g/mol. The minimum Gasteiger partial charge on any atom is -0.423 e. The topological polar surface area (TPSA) is 72.8 Å². The van der Waals surface area contributed by atoms with Crippen LogP contribution in [0.5, 0.6) is 0 Å². The first-order valence-corrected chi connectivity index (χ1v) is 6.55. The number of carbonyl (C=O) groups excluding carboxylic acids is 1. The normalized spacial score (nSPS) is 10.6. The number of nitrogens with zero attached hydrogens (tertiary/aromatic N) is 1. The zero-order valence-corrected chi connectivity index (χ0v) is 11.5. The van der Waals surface area contributed by atoms with Gasteiger partial charge in [-0.1, -0.05) is 26.0 Å². The molecule has 1 aromatic carbocycles. The Kier molecular flexibility index (Phi) is 6.55. The molecule has 1 rings (SSSR count). The van der Waals surface area contributed by atoms with Crippen LogP contribution in [0.2, 0.25) is 0 Å². The largest absolute Gasteiger partial charge is 0.488 e. The lowest BCUT2D eigenvalue weighted by Gasteiger charge is -2.18. The van der Waals surface area contributed by atoms with Gasteiger partial charge in [0, 0.05) is 18.7 Å². The molecule has 0 spiro atoms. The van der Waals surface area contributed by atoms with Gasteiger partial charge < -0.3 is 20.3 Å². The summed E-state index contributed by atoms with van der Waals surface area (Å²) in [5.74, 6) is -0.199. The number of nitrogens with one attached hydrogen (secondary N) is 1. The zero-order valence-electron chi connectivity index (χ0n) is 11.5. The molecule has 0 unspecified atom stereocenters. The molecular formula is C13H21BN2O3. The molecule has 1 aromatic rings. The minimum absolute atomic E-state index is 0.199. The van der Waals surface area contributed by atoms with E-state index in [2.05, 4.69) is 24.1 Å². The number of hydrogen-bond donors (Lipinski definition) is 3. The van der Waals surface area contributed by atoms with Crippen molar-refractivity contribution in [2.24, 2.45) is 0 Å². The van der Waals surface area contributed by atoms with E-state index in [4.69, 9.17) is 10.0 Å². The van der Waals surface area contributed by atoms with Crippen LogP contribution in [0.4, 0.5) is 0 Å². The third-order valence-corrected chi connectivity index (χ3v) is 3.05. The van der Waals surface area contributed by atoms with Crippen LogP contribution in [0.25, 0.3) is 0 Å². The van der Waals surface area contributed by atoms with Crippen molar-refractivity contribution in [2.45, 2.75) is 13.8 Å². The molecule has 0 aliphatic rings. The van der Waals surface area contributed by atoms with Gasteiger partial charge in [0.15, 0.2) is 0 Å². The minimum atomic E-state index is -1.55. The van der Waals surface area contributed by atoms with Gasteiger partial charge >= 0.3 is 7.12 Å². The number of rotatable bonds is 7. The summed E-state index contributed by atoms with van der Waals surface area (Å²) >= 11 is 0. The Hall–Kier alpha value is -1.37. The molecule has 1 amide bonds. The Morgan fingerprint density at radius 3 is 2.58 bits per heavy atom. The van der Waals surface area contributed by atoms with Crippen molar-refractivity contribution < 1.29 is 14.8 Å². The van der Waals surface area contributed by atoms with E-state index in [1.807, 2.05) is 0 Å². The highest BCUT2D eigenvalue weighted by molar-refractivity contribution is 6.58. The zero-order chi connectivity index (χ0) is 14.3. The second-order valence-corrected chi connectivity index (χ2v) is 4.28. The van der Waals surface area contributed by atoms with Gasteiger partial charge in [0.25, 0.3) is 5.91 Å². The lowest BCUT2D eigenvalue weighted by Crippen LogP contribution is -2.36. The number of amides is 1. The van der Waals surface area contributed by atoms with Crippen molar-refractivity contribution in [3.63, 3.8) is 0 Å². The van der Waals surface area contributed by atoms with E-state index in [0.717, 1.165) is 19.6 Å². The van der Waals surface area contributed by atoms with Crippen LogP contribution < -0.4 is 10.8 Å². The van der Waals surface area contributed by atoms with E-state index in [1.54, 1.807) is 18.2 Å². The maximum Gasteiger partial charge on any atom is 0.488 e. The van der Waals surface area contributed by atoms with Crippen LogP contribution in [0.1, 0.15) is 24.2 Å². The predicted octanol–water partition coefficient (Wildman–Crippen LogP) is -0.562. The molecule has 5 nitrogen and oxygen atoms in total. The van der Waals surface area contributed by atoms with Crippen LogP contribution in [-0.4, -0.2) is 54.2 Å². The highest BCUT2D eigenvalue weighted by Gasteiger charge is 2.13. The second kappa shape index (κ2) is 7.94. The Morgan fingerprint density at radius 2 is 2.00 bits per heavy atom. The van der Waals surface area contributed by atoms with Gasteiger partial charge in [-0.25, -0.2) is 0 Å². The molecule has 0 aliphatic heterocycles. The molecule has 0 radical (unpaired) electrons. The van der Waals surface area contributed by atoms with Crippen LogP contribution in [0.15, 0.2) is 24.3 Å². The summed E-state index contributed by atoms with van der Waals surface area (Å²) in [7, 11) is -1.55. The molecule has 104 valence electrons. The third-order valence-electron chi connectivity index (χ3n) is 3.05. The van der Waals surface area contributed by atoms with Crippen molar-refractivity contribution in [3.05, 3.63) is 29.8 Å². The first-order chi connectivity index (χ1) is 9.08. The summed E-state index contributed by atoms with van der Waals surface area (Å²) in [6.45, 7) is 7.46. The van der Waals surface area contributed by atoms with E-state index in [-0.39, 0.29) is 5.91 Å². The smallest absolute Gasteiger partial charge is 0.423 e. The Balaban J connectivity index is 2.51. The fraction of sp³-hybridized carbons (Fsp3) is 0.462. The SMILES string of the molecule is CCN(CC)CCNC(=O)c1cccc(B(O)O)c1. The highest BCUT2D eigenvalue weighted by atomic mass is 16.4. The van der Waals surface area contributed by atoms with Gasteiger partial charge in [-0.2, -0.15) is 0 Å². The molecule has 0 atom stereocenters. The van der Waals surface area contributed by atoms with E-state index >= 15 is 0 Å². The fourth-order valence-electron chi connectivity index (χ4n) is 1.81. The van der Waals surface area contributed by atoms with Crippen LogP contribution >= 0.6 is 0 Å². The van der Waals surface area contributed by atoms with Gasteiger partial charge in [0.2, 0.25) is 0 Å². The summed E-state index contributed by atoms with van der Waals surface area (Å²) in [6, 6.07) is 6.33. The number of likely N-dealkylation sites (N-methyl/N-ethyl adjacent to an activating group) is 1. The molecule has 0 aliphatic carbocycles. The van der Waals surface area contributed by atoms with Gasteiger partial charge in [0.05, 0.1) is 0 Å². The number of hydrogen-bond acceptors (Lipinski definition) is 4. The van der Waals surface area contributed by atoms with Crippen molar-refractivity contribution in [1.29, 1.82) is 0 Å². The summed E-state index contributed by atoms with van der Waals surface area (Å²) in [5, 5.41) is 20.9. The summed E-state index contributed by atoms with van der Waals surface area (Å²) in [5.41, 5.74) is 0.751. The molecule has 19 heavy (non-hydrogen) atoms. The van der Waals surface area contributed by atoms with Gasteiger partial charge in [-0.3, -0.25) is 4.79 Å². The summed E-state index contributed by atoms with van der Waals surface area (Å²) in [6.07, 6.45) is 0. The molecule has 6 heteroatoms. The summed E-state index contributed by atoms with van der Waals surface area (Å²) in [4.78, 5) is 14.1. The van der Waals surface area contributed by atoms with Crippen LogP contribution in [-0.2, 0) is 0 Å². The predicted molar refractivity (Wildman–Crippen MR) is 76.4 cm³/mol. The summed E-state index contributed by atoms with van der Waals surface area (Å²) < 4.78 is 0. The fourth-order valence-corrected chi connectivity index (χ4v) is 1.81. The molecule has 0 saturated carbocycles. The van der Waals surface area contributed by atoms with E-state index in [0.29, 0.717) is 17.6 Å². The first kappa shape index (κ1) is 15.7. The van der Waals surface area contributed by atoms with Gasteiger partial charge in [-0.05, 0) is 30.7 Å². The lowest BCUT2D eigenvalue weighted by atomic mass is 9.79. The Morgan fingerprint density at radius 1 is 1.32 bits per heavy atom. The average molecular weight is 264 g/mol. The van der Waals surface area contributed by atoms with Crippen LogP contribution in [0.3, 0.4) is 0 Å². The van der Waals surface area contributed by atoms with Gasteiger partial charge in [-0.15, -0.1) is 0 Å².